The largest absolute Gasteiger partial charge is 0.269 e. The number of hydrogen-bond acceptors (Lipinski definition) is 4. The van der Waals surface area contributed by atoms with Crippen LogP contribution in [0.15, 0.2) is 83.8 Å². The van der Waals surface area contributed by atoms with Crippen molar-refractivity contribution < 1.29 is 13.3 Å². The topological polar surface area (TPSA) is 80.5 Å². The van der Waals surface area contributed by atoms with Gasteiger partial charge in [0, 0.05) is 24.7 Å². The van der Waals surface area contributed by atoms with Gasteiger partial charge in [-0.05, 0) is 59.9 Å². The molecule has 0 spiro atoms. The van der Waals surface area contributed by atoms with E-state index in [1.54, 1.807) is 4.31 Å². The van der Waals surface area contributed by atoms with Gasteiger partial charge in [-0.1, -0.05) is 54.6 Å². The summed E-state index contributed by atoms with van der Waals surface area (Å²) >= 11 is 0. The number of non-ortho nitro benzene ring substituents is 1. The number of hydrogen-bond donors (Lipinski definition) is 0. The fraction of sp³-hybridized carbons (Fsp3) is 0.280. The third-order valence-corrected chi connectivity index (χ3v) is 8.93. The predicted molar refractivity (Wildman–Crippen MR) is 122 cm³/mol. The minimum Gasteiger partial charge on any atom is -0.258 e. The standard InChI is InChI=1S/C25H24N2O4S/c28-27(29)22-10-12-23(13-11-22)32(30,31)26-15-14-25(17-19-6-2-1-3-7-19)18-21-9-5-4-8-20(21)16-24(25)26/h1-13,24H,14-18H2/t24-,25-/m1/s1. The van der Waals surface area contributed by atoms with Crippen LogP contribution in [0.5, 0.6) is 0 Å². The maximum Gasteiger partial charge on any atom is 0.269 e. The zero-order chi connectivity index (χ0) is 22.3. The highest BCUT2D eigenvalue weighted by Crippen LogP contribution is 2.49. The Morgan fingerprint density at radius 3 is 2.28 bits per heavy atom. The summed E-state index contributed by atoms with van der Waals surface area (Å²) in [4.78, 5) is 10.6. The van der Waals surface area contributed by atoms with Crippen molar-refractivity contribution in [2.75, 3.05) is 6.54 Å². The Kier molecular flexibility index (Phi) is 5.10. The summed E-state index contributed by atoms with van der Waals surface area (Å²) < 4.78 is 28.9. The van der Waals surface area contributed by atoms with Crippen LogP contribution >= 0.6 is 0 Å². The molecule has 0 bridgehead atoms. The van der Waals surface area contributed by atoms with Crippen LogP contribution < -0.4 is 0 Å². The van der Waals surface area contributed by atoms with E-state index in [0.717, 1.165) is 19.3 Å². The molecule has 1 fully saturated rings. The van der Waals surface area contributed by atoms with E-state index < -0.39 is 14.9 Å². The molecule has 0 radical (unpaired) electrons. The molecule has 0 unspecified atom stereocenters. The van der Waals surface area contributed by atoms with Gasteiger partial charge in [-0.3, -0.25) is 10.1 Å². The maximum absolute atomic E-state index is 13.6. The van der Waals surface area contributed by atoms with Crippen molar-refractivity contribution in [3.63, 3.8) is 0 Å². The van der Waals surface area contributed by atoms with Crippen LogP contribution in [0.4, 0.5) is 5.69 Å². The van der Waals surface area contributed by atoms with Gasteiger partial charge in [-0.25, -0.2) is 8.42 Å². The second-order valence-corrected chi connectivity index (χ2v) is 10.7. The van der Waals surface area contributed by atoms with Crippen LogP contribution in [0, 0.1) is 15.5 Å². The summed E-state index contributed by atoms with van der Waals surface area (Å²) in [7, 11) is -3.77. The SMILES string of the molecule is O=[N+]([O-])c1ccc(S(=O)(=O)N2CC[C@@]3(Cc4ccccc4)Cc4ccccc4C[C@@H]23)cc1. The highest BCUT2D eigenvalue weighted by atomic mass is 32.2. The van der Waals surface area contributed by atoms with Crippen LogP contribution in [0.2, 0.25) is 0 Å². The molecule has 3 aromatic rings. The molecule has 164 valence electrons. The normalized spacial score (nSPS) is 22.8. The van der Waals surface area contributed by atoms with Crippen molar-refractivity contribution >= 4 is 15.7 Å². The van der Waals surface area contributed by atoms with Crippen molar-refractivity contribution in [3.05, 3.63) is 106 Å². The Labute approximate surface area is 187 Å². The second kappa shape index (κ2) is 7.83. The molecule has 1 aliphatic heterocycles. The van der Waals surface area contributed by atoms with Gasteiger partial charge in [0.2, 0.25) is 10.0 Å². The fourth-order valence-corrected chi connectivity index (χ4v) is 7.15. The first-order valence-corrected chi connectivity index (χ1v) is 12.2. The second-order valence-electron chi connectivity index (χ2n) is 8.81. The average molecular weight is 449 g/mol. The maximum atomic E-state index is 13.6. The third kappa shape index (κ3) is 3.51. The van der Waals surface area contributed by atoms with Gasteiger partial charge in [0.1, 0.15) is 0 Å². The van der Waals surface area contributed by atoms with Crippen LogP contribution in [-0.4, -0.2) is 30.2 Å². The Bertz CT molecular complexity index is 1260. The van der Waals surface area contributed by atoms with Crippen molar-refractivity contribution in [2.45, 2.75) is 36.6 Å². The molecule has 1 aliphatic carbocycles. The number of benzene rings is 3. The lowest BCUT2D eigenvalue weighted by Gasteiger charge is -2.42. The van der Waals surface area contributed by atoms with Gasteiger partial charge in [0.05, 0.1) is 9.82 Å². The number of nitro benzene ring substituents is 1. The van der Waals surface area contributed by atoms with Crippen LogP contribution in [0.25, 0.3) is 0 Å². The van der Waals surface area contributed by atoms with E-state index in [4.69, 9.17) is 0 Å². The summed E-state index contributed by atoms with van der Waals surface area (Å²) in [6.07, 6.45) is 3.12. The van der Waals surface area contributed by atoms with Crippen molar-refractivity contribution in [1.82, 2.24) is 4.31 Å². The number of nitro groups is 1. The Morgan fingerprint density at radius 2 is 1.59 bits per heavy atom. The lowest BCUT2D eigenvalue weighted by Crippen LogP contribution is -2.48. The quantitative estimate of drug-likeness (QED) is 0.428. The molecule has 0 amide bonds. The first kappa shape index (κ1) is 20.8. The van der Waals surface area contributed by atoms with Gasteiger partial charge >= 0.3 is 0 Å². The van der Waals surface area contributed by atoms with Crippen molar-refractivity contribution in [2.24, 2.45) is 5.41 Å². The average Bonchev–Trinajstić information content (AvgIpc) is 3.16. The van der Waals surface area contributed by atoms with E-state index in [1.165, 1.54) is 41.0 Å². The van der Waals surface area contributed by atoms with Gasteiger partial charge < -0.3 is 0 Å². The molecular weight excluding hydrogens is 424 g/mol. The molecule has 5 rings (SSSR count). The fourth-order valence-electron chi connectivity index (χ4n) is 5.44. The van der Waals surface area contributed by atoms with E-state index >= 15 is 0 Å². The lowest BCUT2D eigenvalue weighted by molar-refractivity contribution is -0.384. The highest BCUT2D eigenvalue weighted by Gasteiger charge is 2.53. The minimum absolute atomic E-state index is 0.109. The molecule has 0 N–H and O–H groups in total. The molecule has 6 nitrogen and oxygen atoms in total. The lowest BCUT2D eigenvalue weighted by atomic mass is 9.65. The first-order chi connectivity index (χ1) is 15.4. The Hall–Kier alpha value is -3.03. The van der Waals surface area contributed by atoms with Gasteiger partial charge in [0.25, 0.3) is 5.69 Å². The molecule has 3 aromatic carbocycles. The van der Waals surface area contributed by atoms with Gasteiger partial charge in [-0.2, -0.15) is 4.31 Å². The van der Waals surface area contributed by atoms with Crippen molar-refractivity contribution in [3.8, 4) is 0 Å². The predicted octanol–water partition coefficient (Wildman–Crippen LogP) is 4.39. The summed E-state index contributed by atoms with van der Waals surface area (Å²) in [5.74, 6) is 0. The molecule has 2 atom stereocenters. The zero-order valence-electron chi connectivity index (χ0n) is 17.6. The third-order valence-electron chi connectivity index (χ3n) is 7.01. The summed E-state index contributed by atoms with van der Waals surface area (Å²) in [5.41, 5.74) is 3.42. The molecular formula is C25H24N2O4S. The summed E-state index contributed by atoms with van der Waals surface area (Å²) in [6.45, 7) is 0.449. The van der Waals surface area contributed by atoms with Crippen LogP contribution in [0.3, 0.4) is 0 Å². The van der Waals surface area contributed by atoms with Gasteiger partial charge in [-0.15, -0.1) is 0 Å². The monoisotopic (exact) mass is 448 g/mol. The molecule has 32 heavy (non-hydrogen) atoms. The summed E-state index contributed by atoms with van der Waals surface area (Å²) in [6, 6.07) is 23.6. The molecule has 1 heterocycles. The van der Waals surface area contributed by atoms with Crippen LogP contribution in [0.1, 0.15) is 23.1 Å². The number of sulfonamides is 1. The van der Waals surface area contributed by atoms with Crippen LogP contribution in [-0.2, 0) is 29.3 Å². The highest BCUT2D eigenvalue weighted by molar-refractivity contribution is 7.89. The smallest absolute Gasteiger partial charge is 0.258 e. The first-order valence-electron chi connectivity index (χ1n) is 10.8. The van der Waals surface area contributed by atoms with Gasteiger partial charge in [0.15, 0.2) is 0 Å². The van der Waals surface area contributed by atoms with E-state index in [1.807, 2.05) is 24.3 Å². The Morgan fingerprint density at radius 1 is 0.938 bits per heavy atom. The zero-order valence-corrected chi connectivity index (χ0v) is 18.4. The number of rotatable bonds is 5. The van der Waals surface area contributed by atoms with E-state index in [2.05, 4.69) is 30.3 Å². The summed E-state index contributed by atoms with van der Waals surface area (Å²) in [5, 5.41) is 11.0. The molecule has 1 saturated heterocycles. The number of fused-ring (bicyclic) bond motifs is 2. The van der Waals surface area contributed by atoms with Crippen molar-refractivity contribution in [1.29, 1.82) is 0 Å². The van der Waals surface area contributed by atoms with E-state index in [0.29, 0.717) is 13.0 Å². The molecule has 0 saturated carbocycles. The molecule has 2 aliphatic rings. The molecule has 7 heteroatoms. The Balaban J connectivity index is 1.54. The number of nitrogens with zero attached hydrogens (tertiary/aromatic N) is 2. The van der Waals surface area contributed by atoms with E-state index in [-0.39, 0.29) is 22.0 Å². The van der Waals surface area contributed by atoms with E-state index in [9.17, 15) is 18.5 Å². The minimum atomic E-state index is -3.77. The molecule has 0 aromatic heterocycles.